The highest BCUT2D eigenvalue weighted by Gasteiger charge is 2.03. The maximum Gasteiger partial charge on any atom is 0.123 e. The van der Waals surface area contributed by atoms with Crippen molar-refractivity contribution in [1.82, 2.24) is 0 Å². The van der Waals surface area contributed by atoms with Gasteiger partial charge in [-0.15, -0.1) is 0 Å². The summed E-state index contributed by atoms with van der Waals surface area (Å²) in [6.45, 7) is 0.614. The molecule has 0 heterocycles. The summed E-state index contributed by atoms with van der Waals surface area (Å²) in [6, 6.07) is 18.4. The summed E-state index contributed by atoms with van der Waals surface area (Å²) < 4.78 is 0. The maximum absolute atomic E-state index is 9.86. The first-order valence-corrected chi connectivity index (χ1v) is 6.46. The van der Waals surface area contributed by atoms with E-state index < -0.39 is 0 Å². The molecule has 0 spiro atoms. The van der Waals surface area contributed by atoms with Crippen LogP contribution in [0.15, 0.2) is 60.7 Å². The predicted molar refractivity (Wildman–Crippen MR) is 81.0 cm³/mol. The van der Waals surface area contributed by atoms with Crippen LogP contribution < -0.4 is 5.32 Å². The standard InChI is InChI=1S/C17H15NO2/c19-13-5-1-4-12(10-13)11-18-16-8-2-7-15-14(16)6-3-9-17(15)20/h1-10,18-20H,11H2. The van der Waals surface area contributed by atoms with Crippen molar-refractivity contribution in [2.45, 2.75) is 6.54 Å². The Morgan fingerprint density at radius 2 is 1.55 bits per heavy atom. The molecule has 0 saturated carbocycles. The fraction of sp³-hybridized carbons (Fsp3) is 0.0588. The van der Waals surface area contributed by atoms with E-state index in [1.54, 1.807) is 18.2 Å². The zero-order valence-corrected chi connectivity index (χ0v) is 10.9. The molecule has 20 heavy (non-hydrogen) atoms. The van der Waals surface area contributed by atoms with Crippen LogP contribution in [0.25, 0.3) is 10.8 Å². The smallest absolute Gasteiger partial charge is 0.123 e. The molecular weight excluding hydrogens is 250 g/mol. The van der Waals surface area contributed by atoms with Gasteiger partial charge in [-0.1, -0.05) is 36.4 Å². The van der Waals surface area contributed by atoms with E-state index in [0.29, 0.717) is 6.54 Å². The molecule has 3 aromatic rings. The maximum atomic E-state index is 9.86. The number of fused-ring (bicyclic) bond motifs is 1. The van der Waals surface area contributed by atoms with Gasteiger partial charge in [0.2, 0.25) is 0 Å². The zero-order valence-electron chi connectivity index (χ0n) is 10.9. The second kappa shape index (κ2) is 5.13. The second-order valence-electron chi connectivity index (χ2n) is 4.70. The Bertz CT molecular complexity index is 753. The fourth-order valence-electron chi connectivity index (χ4n) is 2.31. The van der Waals surface area contributed by atoms with E-state index in [-0.39, 0.29) is 11.5 Å². The van der Waals surface area contributed by atoms with E-state index in [1.165, 1.54) is 0 Å². The summed E-state index contributed by atoms with van der Waals surface area (Å²) in [5.74, 6) is 0.545. The summed E-state index contributed by atoms with van der Waals surface area (Å²) in [6.07, 6.45) is 0. The van der Waals surface area contributed by atoms with Gasteiger partial charge in [-0.2, -0.15) is 0 Å². The molecule has 0 atom stereocenters. The zero-order chi connectivity index (χ0) is 13.9. The molecule has 100 valence electrons. The van der Waals surface area contributed by atoms with Crippen LogP contribution in [0.1, 0.15) is 5.56 Å². The summed E-state index contributed by atoms with van der Waals surface area (Å²) in [4.78, 5) is 0. The highest BCUT2D eigenvalue weighted by molar-refractivity contribution is 5.97. The molecule has 0 aromatic heterocycles. The number of anilines is 1. The van der Waals surface area contributed by atoms with E-state index in [4.69, 9.17) is 0 Å². The first-order chi connectivity index (χ1) is 9.74. The molecule has 0 amide bonds. The van der Waals surface area contributed by atoms with Crippen LogP contribution >= 0.6 is 0 Å². The van der Waals surface area contributed by atoms with Crippen LogP contribution in [0.4, 0.5) is 5.69 Å². The number of hydrogen-bond acceptors (Lipinski definition) is 3. The van der Waals surface area contributed by atoms with Crippen molar-refractivity contribution in [2.75, 3.05) is 5.32 Å². The van der Waals surface area contributed by atoms with Crippen molar-refractivity contribution in [3.05, 3.63) is 66.2 Å². The fourth-order valence-corrected chi connectivity index (χ4v) is 2.31. The van der Waals surface area contributed by atoms with Gasteiger partial charge in [-0.3, -0.25) is 0 Å². The monoisotopic (exact) mass is 265 g/mol. The molecule has 0 saturated heterocycles. The molecular formula is C17H15NO2. The highest BCUT2D eigenvalue weighted by Crippen LogP contribution is 2.30. The third-order valence-corrected chi connectivity index (χ3v) is 3.29. The molecule has 3 heteroatoms. The van der Waals surface area contributed by atoms with Crippen LogP contribution in [-0.4, -0.2) is 10.2 Å². The van der Waals surface area contributed by atoms with E-state index >= 15 is 0 Å². The van der Waals surface area contributed by atoms with E-state index in [1.807, 2.05) is 42.5 Å². The summed E-state index contributed by atoms with van der Waals surface area (Å²) in [5.41, 5.74) is 1.96. The molecule has 3 aromatic carbocycles. The van der Waals surface area contributed by atoms with Crippen molar-refractivity contribution in [3.63, 3.8) is 0 Å². The second-order valence-corrected chi connectivity index (χ2v) is 4.70. The van der Waals surface area contributed by atoms with Gasteiger partial charge >= 0.3 is 0 Å². The number of phenols is 2. The third kappa shape index (κ3) is 2.38. The van der Waals surface area contributed by atoms with E-state index in [9.17, 15) is 10.2 Å². The Morgan fingerprint density at radius 3 is 2.40 bits per heavy atom. The van der Waals surface area contributed by atoms with Crippen molar-refractivity contribution < 1.29 is 10.2 Å². The minimum atomic E-state index is 0.264. The lowest BCUT2D eigenvalue weighted by Gasteiger charge is -2.11. The van der Waals surface area contributed by atoms with E-state index in [0.717, 1.165) is 22.0 Å². The van der Waals surface area contributed by atoms with Crippen LogP contribution in [0, 0.1) is 0 Å². The number of hydrogen-bond donors (Lipinski definition) is 3. The van der Waals surface area contributed by atoms with E-state index in [2.05, 4.69) is 5.32 Å². The Morgan fingerprint density at radius 1 is 0.800 bits per heavy atom. The number of rotatable bonds is 3. The molecule has 0 radical (unpaired) electrons. The summed E-state index contributed by atoms with van der Waals surface area (Å²) in [7, 11) is 0. The molecule has 0 aliphatic rings. The number of benzene rings is 3. The minimum Gasteiger partial charge on any atom is -0.508 e. The predicted octanol–water partition coefficient (Wildman–Crippen LogP) is 3.86. The molecule has 0 unspecified atom stereocenters. The van der Waals surface area contributed by atoms with Crippen molar-refractivity contribution in [1.29, 1.82) is 0 Å². The first-order valence-electron chi connectivity index (χ1n) is 6.46. The molecule has 3 rings (SSSR count). The Hall–Kier alpha value is -2.68. The average molecular weight is 265 g/mol. The van der Waals surface area contributed by atoms with Gasteiger partial charge < -0.3 is 15.5 Å². The largest absolute Gasteiger partial charge is 0.508 e. The van der Waals surface area contributed by atoms with Gasteiger partial charge in [0.25, 0.3) is 0 Å². The third-order valence-electron chi connectivity index (χ3n) is 3.29. The Balaban J connectivity index is 1.90. The van der Waals surface area contributed by atoms with Gasteiger partial charge in [0, 0.05) is 23.0 Å². The number of phenolic OH excluding ortho intramolecular Hbond substituents is 2. The molecule has 0 aliphatic carbocycles. The molecule has 0 aliphatic heterocycles. The van der Waals surface area contributed by atoms with Gasteiger partial charge in [0.15, 0.2) is 0 Å². The molecule has 0 fully saturated rings. The van der Waals surface area contributed by atoms with Crippen LogP contribution in [0.5, 0.6) is 11.5 Å². The topological polar surface area (TPSA) is 52.5 Å². The van der Waals surface area contributed by atoms with Gasteiger partial charge in [-0.25, -0.2) is 0 Å². The van der Waals surface area contributed by atoms with Gasteiger partial charge in [-0.05, 0) is 29.8 Å². The normalized spacial score (nSPS) is 10.6. The minimum absolute atomic E-state index is 0.264. The lowest BCUT2D eigenvalue weighted by atomic mass is 10.1. The van der Waals surface area contributed by atoms with Crippen LogP contribution in [0.2, 0.25) is 0 Å². The number of nitrogens with one attached hydrogen (secondary N) is 1. The SMILES string of the molecule is Oc1cccc(CNc2cccc3c(O)cccc23)c1. The van der Waals surface area contributed by atoms with Crippen molar-refractivity contribution in [2.24, 2.45) is 0 Å². The van der Waals surface area contributed by atoms with Gasteiger partial charge in [0.05, 0.1) is 0 Å². The highest BCUT2D eigenvalue weighted by atomic mass is 16.3. The lowest BCUT2D eigenvalue weighted by Crippen LogP contribution is -1.99. The molecule has 0 bridgehead atoms. The van der Waals surface area contributed by atoms with Crippen molar-refractivity contribution >= 4 is 16.5 Å². The van der Waals surface area contributed by atoms with Crippen LogP contribution in [0.3, 0.4) is 0 Å². The summed E-state index contributed by atoms with van der Waals surface area (Å²) >= 11 is 0. The molecule has 3 N–H and O–H groups in total. The average Bonchev–Trinajstić information content (AvgIpc) is 2.46. The van der Waals surface area contributed by atoms with Crippen LogP contribution in [-0.2, 0) is 6.54 Å². The Labute approximate surface area is 117 Å². The number of aromatic hydroxyl groups is 2. The lowest BCUT2D eigenvalue weighted by molar-refractivity contribution is 0.474. The molecule has 3 nitrogen and oxygen atoms in total. The quantitative estimate of drug-likeness (QED) is 0.674. The Kier molecular flexibility index (Phi) is 3.17. The first kappa shape index (κ1) is 12.4. The summed E-state index contributed by atoms with van der Waals surface area (Å²) in [5, 5.41) is 24.5. The van der Waals surface area contributed by atoms with Gasteiger partial charge in [0.1, 0.15) is 11.5 Å². The van der Waals surface area contributed by atoms with Crippen molar-refractivity contribution in [3.8, 4) is 11.5 Å².